The Bertz CT molecular complexity index is 913. The Morgan fingerprint density at radius 3 is 2.28 bits per heavy atom. The molecule has 8 heteroatoms. The van der Waals surface area contributed by atoms with E-state index >= 15 is 0 Å². The third kappa shape index (κ3) is 4.98. The molecule has 2 atom stereocenters. The van der Waals surface area contributed by atoms with Crippen molar-refractivity contribution in [2.75, 3.05) is 47.5 Å². The summed E-state index contributed by atoms with van der Waals surface area (Å²) in [4.78, 5) is 17.2. The first kappa shape index (κ1) is 22.4. The van der Waals surface area contributed by atoms with Crippen LogP contribution in [-0.2, 0) is 11.2 Å². The van der Waals surface area contributed by atoms with Crippen LogP contribution < -0.4 is 25.1 Å². The Balaban J connectivity index is 1.27. The molecule has 0 bridgehead atoms. The summed E-state index contributed by atoms with van der Waals surface area (Å²) < 4.78 is 15.9. The Morgan fingerprint density at radius 2 is 1.62 bits per heavy atom. The summed E-state index contributed by atoms with van der Waals surface area (Å²) in [6, 6.07) is 14.1. The van der Waals surface area contributed by atoms with Crippen LogP contribution in [-0.4, -0.2) is 69.4 Å². The number of carbonyl (C=O) groups is 1. The molecule has 4 rings (SSSR count). The van der Waals surface area contributed by atoms with Crippen molar-refractivity contribution in [2.24, 2.45) is 0 Å². The number of carbonyl (C=O) groups excluding carboxylic acids is 1. The molecule has 2 heterocycles. The maximum absolute atomic E-state index is 12.8. The molecule has 2 aromatic carbocycles. The minimum atomic E-state index is 0.144. The Labute approximate surface area is 189 Å². The molecule has 1 amide bonds. The van der Waals surface area contributed by atoms with Gasteiger partial charge in [0.2, 0.25) is 5.91 Å². The van der Waals surface area contributed by atoms with Gasteiger partial charge in [-0.2, -0.15) is 0 Å². The van der Waals surface area contributed by atoms with Crippen LogP contribution in [0.25, 0.3) is 0 Å². The molecule has 8 nitrogen and oxygen atoms in total. The molecule has 2 N–H and O–H groups in total. The summed E-state index contributed by atoms with van der Waals surface area (Å²) in [5.41, 5.74) is 9.01. The maximum atomic E-state index is 12.8. The lowest BCUT2D eigenvalue weighted by Crippen LogP contribution is -2.55. The summed E-state index contributed by atoms with van der Waals surface area (Å²) in [5, 5.41) is 0. The molecule has 0 saturated carbocycles. The number of hydrazine groups is 1. The molecular weight excluding hydrogens is 408 g/mol. The molecule has 2 aliphatic rings. The van der Waals surface area contributed by atoms with Gasteiger partial charge in [-0.05, 0) is 41.8 Å². The van der Waals surface area contributed by atoms with E-state index in [4.69, 9.17) is 14.2 Å². The van der Waals surface area contributed by atoms with Crippen LogP contribution in [0.2, 0.25) is 0 Å². The van der Waals surface area contributed by atoms with Gasteiger partial charge in [0.15, 0.2) is 11.5 Å². The SMILES string of the molecule is COc1ccc(C2CC(N3CCN(C(=O)Cc4ccc(OC)c(OC)c4)CC3)NN2)cc1. The first-order valence-corrected chi connectivity index (χ1v) is 11.0. The third-order valence-corrected chi connectivity index (χ3v) is 6.31. The zero-order chi connectivity index (χ0) is 22.5. The second kappa shape index (κ2) is 10.2. The Kier molecular flexibility index (Phi) is 7.14. The molecule has 0 aromatic heterocycles. The number of hydrogen-bond donors (Lipinski definition) is 2. The van der Waals surface area contributed by atoms with Gasteiger partial charge in [-0.15, -0.1) is 0 Å². The maximum Gasteiger partial charge on any atom is 0.227 e. The molecule has 2 aliphatic heterocycles. The molecular formula is C24H32N4O4. The molecule has 0 aliphatic carbocycles. The third-order valence-electron chi connectivity index (χ3n) is 6.31. The lowest BCUT2D eigenvalue weighted by molar-refractivity contribution is -0.132. The number of amides is 1. The molecule has 2 unspecified atom stereocenters. The largest absolute Gasteiger partial charge is 0.497 e. The zero-order valence-electron chi connectivity index (χ0n) is 19.0. The fourth-order valence-electron chi connectivity index (χ4n) is 4.39. The summed E-state index contributed by atoms with van der Waals surface area (Å²) in [6.07, 6.45) is 1.60. The van der Waals surface area contributed by atoms with Gasteiger partial charge in [0.1, 0.15) is 5.75 Å². The smallest absolute Gasteiger partial charge is 0.227 e. The predicted octanol–water partition coefficient (Wildman–Crippen LogP) is 1.96. The lowest BCUT2D eigenvalue weighted by atomic mass is 10.0. The van der Waals surface area contributed by atoms with Gasteiger partial charge < -0.3 is 19.1 Å². The van der Waals surface area contributed by atoms with Crippen LogP contribution in [0.15, 0.2) is 42.5 Å². The molecule has 0 spiro atoms. The van der Waals surface area contributed by atoms with Gasteiger partial charge >= 0.3 is 0 Å². The van der Waals surface area contributed by atoms with E-state index in [0.29, 0.717) is 17.9 Å². The Morgan fingerprint density at radius 1 is 0.906 bits per heavy atom. The fraction of sp³-hybridized carbons (Fsp3) is 0.458. The van der Waals surface area contributed by atoms with Crippen LogP contribution in [0.5, 0.6) is 17.2 Å². The van der Waals surface area contributed by atoms with E-state index in [1.807, 2.05) is 35.2 Å². The number of rotatable bonds is 7. The van der Waals surface area contributed by atoms with E-state index in [1.165, 1.54) is 5.56 Å². The lowest BCUT2D eigenvalue weighted by Gasteiger charge is -2.37. The standard InChI is InChI=1S/C24H32N4O4/c1-30-19-7-5-18(6-8-19)20-16-23(26-25-20)27-10-12-28(13-11-27)24(29)15-17-4-9-21(31-2)22(14-17)32-3/h4-9,14,20,23,25-26H,10-13,15-16H2,1-3H3. The number of benzene rings is 2. The summed E-state index contributed by atoms with van der Waals surface area (Å²) in [6.45, 7) is 3.17. The van der Waals surface area contributed by atoms with Crippen LogP contribution in [0, 0.1) is 0 Å². The number of piperazine rings is 1. The first-order chi connectivity index (χ1) is 15.6. The first-order valence-electron chi connectivity index (χ1n) is 11.0. The highest BCUT2D eigenvalue weighted by Gasteiger charge is 2.32. The van der Waals surface area contributed by atoms with Gasteiger partial charge in [-0.3, -0.25) is 9.69 Å². The molecule has 2 fully saturated rings. The van der Waals surface area contributed by atoms with Gasteiger partial charge in [-0.1, -0.05) is 18.2 Å². The normalized spacial score (nSPS) is 21.4. The minimum absolute atomic E-state index is 0.144. The van der Waals surface area contributed by atoms with E-state index in [0.717, 1.165) is 43.9 Å². The second-order valence-electron chi connectivity index (χ2n) is 8.15. The van der Waals surface area contributed by atoms with Gasteiger partial charge in [0.25, 0.3) is 0 Å². The number of ether oxygens (including phenoxy) is 3. The molecule has 2 aromatic rings. The predicted molar refractivity (Wildman–Crippen MR) is 122 cm³/mol. The van der Waals surface area contributed by atoms with Crippen molar-refractivity contribution in [2.45, 2.75) is 25.0 Å². The Hall–Kier alpha value is -2.81. The highest BCUT2D eigenvalue weighted by Crippen LogP contribution is 2.28. The van der Waals surface area contributed by atoms with Gasteiger partial charge in [0.05, 0.1) is 33.9 Å². The molecule has 172 valence electrons. The second-order valence-corrected chi connectivity index (χ2v) is 8.15. The summed E-state index contributed by atoms with van der Waals surface area (Å²) >= 11 is 0. The summed E-state index contributed by atoms with van der Waals surface area (Å²) in [7, 11) is 4.89. The minimum Gasteiger partial charge on any atom is -0.497 e. The van der Waals surface area contributed by atoms with E-state index in [9.17, 15) is 4.79 Å². The zero-order valence-corrected chi connectivity index (χ0v) is 19.0. The van der Waals surface area contributed by atoms with Crippen LogP contribution in [0.4, 0.5) is 0 Å². The van der Waals surface area contributed by atoms with Gasteiger partial charge in [0, 0.05) is 32.2 Å². The number of methoxy groups -OCH3 is 3. The quantitative estimate of drug-likeness (QED) is 0.682. The van der Waals surface area contributed by atoms with Crippen LogP contribution >= 0.6 is 0 Å². The van der Waals surface area contributed by atoms with Crippen molar-refractivity contribution < 1.29 is 19.0 Å². The van der Waals surface area contributed by atoms with E-state index in [-0.39, 0.29) is 18.1 Å². The van der Waals surface area contributed by atoms with Crippen molar-refractivity contribution in [1.82, 2.24) is 20.7 Å². The van der Waals surface area contributed by atoms with Crippen LogP contribution in [0.3, 0.4) is 0 Å². The molecule has 0 radical (unpaired) electrons. The number of hydrogen-bond acceptors (Lipinski definition) is 7. The number of nitrogens with one attached hydrogen (secondary N) is 2. The van der Waals surface area contributed by atoms with Crippen molar-refractivity contribution >= 4 is 5.91 Å². The van der Waals surface area contributed by atoms with Gasteiger partial charge in [-0.25, -0.2) is 10.9 Å². The van der Waals surface area contributed by atoms with E-state index < -0.39 is 0 Å². The van der Waals surface area contributed by atoms with Crippen molar-refractivity contribution in [3.8, 4) is 17.2 Å². The summed E-state index contributed by atoms with van der Waals surface area (Å²) in [5.74, 6) is 2.33. The average Bonchev–Trinajstić information content (AvgIpc) is 3.34. The topological polar surface area (TPSA) is 75.3 Å². The average molecular weight is 441 g/mol. The van der Waals surface area contributed by atoms with Crippen molar-refractivity contribution in [3.05, 3.63) is 53.6 Å². The highest BCUT2D eigenvalue weighted by molar-refractivity contribution is 5.79. The van der Waals surface area contributed by atoms with E-state index in [2.05, 4.69) is 27.9 Å². The van der Waals surface area contributed by atoms with Crippen molar-refractivity contribution in [3.63, 3.8) is 0 Å². The fourth-order valence-corrected chi connectivity index (χ4v) is 4.39. The van der Waals surface area contributed by atoms with Crippen molar-refractivity contribution in [1.29, 1.82) is 0 Å². The molecule has 2 saturated heterocycles. The van der Waals surface area contributed by atoms with E-state index in [1.54, 1.807) is 21.3 Å². The molecule has 32 heavy (non-hydrogen) atoms. The number of nitrogens with zero attached hydrogens (tertiary/aromatic N) is 2. The van der Waals surface area contributed by atoms with Crippen LogP contribution in [0.1, 0.15) is 23.6 Å². The highest BCUT2D eigenvalue weighted by atomic mass is 16.5. The monoisotopic (exact) mass is 440 g/mol.